The van der Waals surface area contributed by atoms with Crippen molar-refractivity contribution in [3.05, 3.63) is 53.1 Å². The molecule has 0 saturated carbocycles. The fraction of sp³-hybridized carbons (Fsp3) is 0.391. The highest BCUT2D eigenvalue weighted by atomic mass is 32.1. The lowest BCUT2D eigenvalue weighted by Gasteiger charge is -2.31. The Morgan fingerprint density at radius 3 is 2.83 bits per heavy atom. The number of amides is 1. The van der Waals surface area contributed by atoms with Crippen LogP contribution in [0.4, 0.5) is 5.13 Å². The molecule has 2 aromatic carbocycles. The number of nitrogens with one attached hydrogen (secondary N) is 1. The number of anilines is 1. The summed E-state index contributed by atoms with van der Waals surface area (Å²) in [6.45, 7) is 6.46. The van der Waals surface area contributed by atoms with Crippen LogP contribution in [0.15, 0.2) is 36.4 Å². The molecule has 1 aliphatic heterocycles. The smallest absolute Gasteiger partial charge is 0.225 e. The molecule has 5 nitrogen and oxygen atoms in total. The SMILES string of the molecule is COc1ccc(CNC(=O)[C@@H]2CCCN(c3nc4c(C)cc(C)cc4s3)C2)cc1. The number of rotatable bonds is 5. The van der Waals surface area contributed by atoms with Crippen LogP contribution in [0.1, 0.15) is 29.5 Å². The maximum absolute atomic E-state index is 12.8. The van der Waals surface area contributed by atoms with Crippen LogP contribution in [0.5, 0.6) is 5.75 Å². The van der Waals surface area contributed by atoms with Gasteiger partial charge in [0.2, 0.25) is 5.91 Å². The van der Waals surface area contributed by atoms with Crippen molar-refractivity contribution < 1.29 is 9.53 Å². The third-order valence-electron chi connectivity index (χ3n) is 5.51. The Labute approximate surface area is 175 Å². The third kappa shape index (κ3) is 4.37. The molecule has 29 heavy (non-hydrogen) atoms. The van der Waals surface area contributed by atoms with E-state index < -0.39 is 0 Å². The van der Waals surface area contributed by atoms with Crippen molar-refractivity contribution in [1.29, 1.82) is 0 Å². The van der Waals surface area contributed by atoms with Crippen LogP contribution in [0, 0.1) is 19.8 Å². The van der Waals surface area contributed by atoms with Gasteiger partial charge in [-0.15, -0.1) is 0 Å². The van der Waals surface area contributed by atoms with E-state index in [0.717, 1.165) is 47.9 Å². The number of fused-ring (bicyclic) bond motifs is 1. The maximum atomic E-state index is 12.8. The van der Waals surface area contributed by atoms with Crippen molar-refractivity contribution in [2.24, 2.45) is 5.92 Å². The number of aryl methyl sites for hydroxylation is 2. The topological polar surface area (TPSA) is 54.5 Å². The average molecular weight is 410 g/mol. The van der Waals surface area contributed by atoms with Gasteiger partial charge in [-0.25, -0.2) is 4.98 Å². The number of hydrogen-bond acceptors (Lipinski definition) is 5. The summed E-state index contributed by atoms with van der Waals surface area (Å²) in [4.78, 5) is 19.9. The summed E-state index contributed by atoms with van der Waals surface area (Å²) in [5.74, 6) is 0.944. The number of nitrogens with zero attached hydrogens (tertiary/aromatic N) is 2. The van der Waals surface area contributed by atoms with E-state index in [4.69, 9.17) is 9.72 Å². The predicted molar refractivity (Wildman–Crippen MR) is 119 cm³/mol. The summed E-state index contributed by atoms with van der Waals surface area (Å²) in [6, 6.07) is 12.2. The van der Waals surface area contributed by atoms with Crippen molar-refractivity contribution in [3.63, 3.8) is 0 Å². The molecule has 4 rings (SSSR count). The van der Waals surface area contributed by atoms with E-state index in [1.165, 1.54) is 15.8 Å². The second-order valence-corrected chi connectivity index (χ2v) is 8.79. The zero-order chi connectivity index (χ0) is 20.4. The predicted octanol–water partition coefficient (Wildman–Crippen LogP) is 4.45. The number of benzene rings is 2. The molecule has 0 bridgehead atoms. The largest absolute Gasteiger partial charge is 0.497 e. The van der Waals surface area contributed by atoms with Gasteiger partial charge in [-0.05, 0) is 61.6 Å². The molecule has 3 aromatic rings. The van der Waals surface area contributed by atoms with Crippen molar-refractivity contribution in [3.8, 4) is 5.75 Å². The van der Waals surface area contributed by atoms with Gasteiger partial charge in [0.15, 0.2) is 5.13 Å². The molecule has 0 unspecified atom stereocenters. The number of carbonyl (C=O) groups excluding carboxylic acids is 1. The van der Waals surface area contributed by atoms with E-state index in [0.29, 0.717) is 6.54 Å². The average Bonchev–Trinajstić information content (AvgIpc) is 3.17. The molecule has 1 saturated heterocycles. The molecule has 6 heteroatoms. The second-order valence-electron chi connectivity index (χ2n) is 7.78. The van der Waals surface area contributed by atoms with Gasteiger partial charge in [0.1, 0.15) is 5.75 Å². The monoisotopic (exact) mass is 409 g/mol. The van der Waals surface area contributed by atoms with E-state index in [-0.39, 0.29) is 11.8 Å². The molecule has 1 N–H and O–H groups in total. The molecule has 2 heterocycles. The highest BCUT2D eigenvalue weighted by Crippen LogP contribution is 2.33. The molecule has 152 valence electrons. The Morgan fingerprint density at radius 2 is 2.07 bits per heavy atom. The summed E-state index contributed by atoms with van der Waals surface area (Å²) in [5, 5.41) is 4.13. The minimum Gasteiger partial charge on any atom is -0.497 e. The van der Waals surface area contributed by atoms with E-state index in [1.807, 2.05) is 24.3 Å². The van der Waals surface area contributed by atoms with Crippen molar-refractivity contribution in [1.82, 2.24) is 10.3 Å². The van der Waals surface area contributed by atoms with Gasteiger partial charge < -0.3 is 15.0 Å². The van der Waals surface area contributed by atoms with Crippen LogP contribution in [0.25, 0.3) is 10.2 Å². The van der Waals surface area contributed by atoms with E-state index in [9.17, 15) is 4.79 Å². The number of aromatic nitrogens is 1. The summed E-state index contributed by atoms with van der Waals surface area (Å²) in [6.07, 6.45) is 1.93. The first kappa shape index (κ1) is 19.7. The van der Waals surface area contributed by atoms with E-state index in [2.05, 4.69) is 36.2 Å². The quantitative estimate of drug-likeness (QED) is 0.676. The molecule has 0 aliphatic carbocycles. The normalized spacial score (nSPS) is 16.8. The Kier molecular flexibility index (Phi) is 5.72. The summed E-state index contributed by atoms with van der Waals surface area (Å²) < 4.78 is 6.41. The Balaban J connectivity index is 1.41. The number of piperidine rings is 1. The molecule has 1 aliphatic rings. The van der Waals surface area contributed by atoms with Gasteiger partial charge in [0.25, 0.3) is 0 Å². The third-order valence-corrected chi connectivity index (χ3v) is 6.57. The maximum Gasteiger partial charge on any atom is 0.225 e. The van der Waals surface area contributed by atoms with E-state index in [1.54, 1.807) is 18.4 Å². The van der Waals surface area contributed by atoms with Gasteiger partial charge in [0.05, 0.1) is 23.2 Å². The van der Waals surface area contributed by atoms with Gasteiger partial charge in [0, 0.05) is 19.6 Å². The standard InChI is InChI=1S/C23H27N3O2S/c1-15-11-16(2)21-20(12-15)29-23(25-21)26-10-4-5-18(14-26)22(27)24-13-17-6-8-19(28-3)9-7-17/h6-9,11-12,18H,4-5,10,13-14H2,1-3H3,(H,24,27)/t18-/m1/s1. The van der Waals surface area contributed by atoms with Gasteiger partial charge >= 0.3 is 0 Å². The number of carbonyl (C=O) groups is 1. The van der Waals surface area contributed by atoms with Crippen LogP contribution in [0.3, 0.4) is 0 Å². The van der Waals surface area contributed by atoms with Gasteiger partial charge in [-0.3, -0.25) is 4.79 Å². The van der Waals surface area contributed by atoms with E-state index >= 15 is 0 Å². The lowest BCUT2D eigenvalue weighted by atomic mass is 9.97. The van der Waals surface area contributed by atoms with Crippen LogP contribution in [-0.2, 0) is 11.3 Å². The molecule has 1 atom stereocenters. The van der Waals surface area contributed by atoms with Gasteiger partial charge in [-0.1, -0.05) is 29.5 Å². The minimum absolute atomic E-state index is 0.00292. The fourth-order valence-electron chi connectivity index (χ4n) is 3.94. The summed E-state index contributed by atoms with van der Waals surface area (Å²) >= 11 is 1.73. The number of hydrogen-bond donors (Lipinski definition) is 1. The van der Waals surface area contributed by atoms with Crippen LogP contribution in [0.2, 0.25) is 0 Å². The lowest BCUT2D eigenvalue weighted by Crippen LogP contribution is -2.42. The first-order valence-electron chi connectivity index (χ1n) is 10.1. The zero-order valence-electron chi connectivity index (χ0n) is 17.2. The van der Waals surface area contributed by atoms with Crippen molar-refractivity contribution in [2.75, 3.05) is 25.1 Å². The summed E-state index contributed by atoms with van der Waals surface area (Å²) in [5.41, 5.74) is 4.64. The van der Waals surface area contributed by atoms with Crippen molar-refractivity contribution >= 4 is 32.6 Å². The molecule has 1 fully saturated rings. The van der Waals surface area contributed by atoms with Crippen molar-refractivity contribution in [2.45, 2.75) is 33.2 Å². The number of ether oxygens (including phenoxy) is 1. The molecule has 0 radical (unpaired) electrons. The lowest BCUT2D eigenvalue weighted by molar-refractivity contribution is -0.125. The zero-order valence-corrected chi connectivity index (χ0v) is 18.0. The molecule has 1 amide bonds. The Hall–Kier alpha value is -2.60. The minimum atomic E-state index is -0.00292. The fourth-order valence-corrected chi connectivity index (χ4v) is 5.11. The molecular formula is C23H27N3O2S. The Morgan fingerprint density at radius 1 is 1.28 bits per heavy atom. The van der Waals surface area contributed by atoms with Crippen LogP contribution >= 0.6 is 11.3 Å². The molecule has 0 spiro atoms. The number of thiazole rings is 1. The highest BCUT2D eigenvalue weighted by molar-refractivity contribution is 7.22. The van der Waals surface area contributed by atoms with Gasteiger partial charge in [-0.2, -0.15) is 0 Å². The van der Waals surface area contributed by atoms with Crippen LogP contribution < -0.4 is 15.0 Å². The first-order chi connectivity index (χ1) is 14.0. The molecular weight excluding hydrogens is 382 g/mol. The Bertz CT molecular complexity index is 1010. The number of methoxy groups -OCH3 is 1. The highest BCUT2D eigenvalue weighted by Gasteiger charge is 2.27. The molecule has 1 aromatic heterocycles. The van der Waals surface area contributed by atoms with Crippen LogP contribution in [-0.4, -0.2) is 31.1 Å². The second kappa shape index (κ2) is 8.41. The summed E-state index contributed by atoms with van der Waals surface area (Å²) in [7, 11) is 1.65. The first-order valence-corrected chi connectivity index (χ1v) is 10.9.